The van der Waals surface area contributed by atoms with Gasteiger partial charge in [-0.25, -0.2) is 0 Å². The third-order valence-corrected chi connectivity index (χ3v) is 5.26. The Balaban J connectivity index is 0. The molecule has 1 nitrogen and oxygen atoms in total. The number of hydrogen-bond donors (Lipinski definition) is 0. The van der Waals surface area contributed by atoms with E-state index in [1.807, 2.05) is 0 Å². The normalized spacial score (nSPS) is 10.9. The Bertz CT molecular complexity index is 182. The molecule has 0 unspecified atom stereocenters. The summed E-state index contributed by atoms with van der Waals surface area (Å²) in [6, 6.07) is 0. The first kappa shape index (κ1) is 26.2. The maximum absolute atomic E-state index is 2.55. The monoisotopic (exact) mass is 380 g/mol. The summed E-state index contributed by atoms with van der Waals surface area (Å²) in [5, 5.41) is 0. The van der Waals surface area contributed by atoms with Crippen LogP contribution in [0, 0.1) is 0 Å². The molecule has 0 aromatic carbocycles. The quantitative estimate of drug-likeness (QED) is 0.176. The Morgan fingerprint density at radius 1 is 0.478 bits per heavy atom. The van der Waals surface area contributed by atoms with E-state index in [9.17, 15) is 0 Å². The van der Waals surface area contributed by atoms with Crippen LogP contribution in [0.5, 0.6) is 0 Å². The molecule has 3 heteroatoms. The van der Waals surface area contributed by atoms with E-state index in [0.717, 1.165) is 0 Å². The van der Waals surface area contributed by atoms with Crippen molar-refractivity contribution in [1.82, 2.24) is 3.38 Å². The van der Waals surface area contributed by atoms with Crippen LogP contribution in [0.2, 0.25) is 0 Å². The van der Waals surface area contributed by atoms with Crippen molar-refractivity contribution >= 4 is 12.4 Å². The number of nitrogens with zero attached hydrogens (tertiary/aromatic N) is 1. The first-order valence-corrected chi connectivity index (χ1v) is 11.0. The van der Waals surface area contributed by atoms with Gasteiger partial charge in [-0.3, -0.25) is 0 Å². The van der Waals surface area contributed by atoms with Crippen LogP contribution in [0.3, 0.4) is 0 Å². The summed E-state index contributed by atoms with van der Waals surface area (Å²) in [5.41, 5.74) is 0. The summed E-state index contributed by atoms with van der Waals surface area (Å²) in [6.07, 6.45) is 22.9. The SMILES string of the molecule is CCCCCCCCCC[N]([Ti])CCCCCCCCCC.Cl. The zero-order valence-electron chi connectivity index (χ0n) is 16.1. The molecule has 0 aromatic rings. The summed E-state index contributed by atoms with van der Waals surface area (Å²) < 4.78 is 2.55. The van der Waals surface area contributed by atoms with Gasteiger partial charge in [0, 0.05) is 0 Å². The fourth-order valence-electron chi connectivity index (χ4n) is 2.98. The van der Waals surface area contributed by atoms with E-state index in [1.54, 1.807) is 0 Å². The zero-order valence-corrected chi connectivity index (χ0v) is 18.5. The molecule has 0 N–H and O–H groups in total. The second-order valence-electron chi connectivity index (χ2n) is 6.94. The third-order valence-electron chi connectivity index (χ3n) is 4.56. The first-order valence-electron chi connectivity index (χ1n) is 10.3. The molecule has 0 atom stereocenters. The van der Waals surface area contributed by atoms with Gasteiger partial charge in [-0.05, 0) is 0 Å². The molecule has 0 bridgehead atoms. The second-order valence-corrected chi connectivity index (χ2v) is 7.92. The molecule has 139 valence electrons. The number of halogens is 1. The average molecular weight is 381 g/mol. The Labute approximate surface area is 165 Å². The minimum absolute atomic E-state index is 0. The fraction of sp³-hybridized carbons (Fsp3) is 1.00. The summed E-state index contributed by atoms with van der Waals surface area (Å²) in [4.78, 5) is 0. The van der Waals surface area contributed by atoms with E-state index in [2.05, 4.69) is 37.9 Å². The minimum Gasteiger partial charge on any atom is -0.147 e. The van der Waals surface area contributed by atoms with E-state index in [-0.39, 0.29) is 12.4 Å². The minimum atomic E-state index is 0. The number of rotatable bonds is 18. The van der Waals surface area contributed by atoms with Crippen molar-refractivity contribution in [2.24, 2.45) is 0 Å². The van der Waals surface area contributed by atoms with Gasteiger partial charge in [0.15, 0.2) is 0 Å². The zero-order chi connectivity index (χ0) is 16.3. The molecule has 0 aliphatic carbocycles. The first-order chi connectivity index (χ1) is 10.8. The molecule has 0 heterocycles. The summed E-state index contributed by atoms with van der Waals surface area (Å²) in [7, 11) is 0. The Morgan fingerprint density at radius 2 is 0.739 bits per heavy atom. The van der Waals surface area contributed by atoms with Gasteiger partial charge < -0.3 is 0 Å². The van der Waals surface area contributed by atoms with Gasteiger partial charge in [0.2, 0.25) is 0 Å². The Morgan fingerprint density at radius 3 is 1.04 bits per heavy atom. The molecular weight excluding hydrogens is 338 g/mol. The van der Waals surface area contributed by atoms with E-state index < -0.39 is 0 Å². The van der Waals surface area contributed by atoms with E-state index in [1.165, 1.54) is 116 Å². The molecular formula is C20H43ClNTi. The summed E-state index contributed by atoms with van der Waals surface area (Å²) in [5.74, 6) is 0. The molecule has 0 aromatic heterocycles. The fourth-order valence-corrected chi connectivity index (χ4v) is 3.48. The molecule has 0 radical (unpaired) electrons. The average Bonchev–Trinajstić information content (AvgIpc) is 2.52. The van der Waals surface area contributed by atoms with E-state index in [0.29, 0.717) is 0 Å². The van der Waals surface area contributed by atoms with Crippen molar-refractivity contribution in [2.45, 2.75) is 117 Å². The molecule has 0 saturated carbocycles. The molecule has 0 fully saturated rings. The van der Waals surface area contributed by atoms with Gasteiger partial charge in [-0.2, -0.15) is 0 Å². The summed E-state index contributed by atoms with van der Waals surface area (Å²) >= 11 is 2.31. The van der Waals surface area contributed by atoms with Gasteiger partial charge in [-0.15, -0.1) is 12.4 Å². The van der Waals surface area contributed by atoms with Crippen molar-refractivity contribution in [2.75, 3.05) is 13.1 Å². The molecule has 0 rings (SSSR count). The third kappa shape index (κ3) is 23.0. The van der Waals surface area contributed by atoms with Gasteiger partial charge in [0.05, 0.1) is 0 Å². The molecule has 0 saturated heterocycles. The van der Waals surface area contributed by atoms with Crippen LogP contribution in [0.15, 0.2) is 0 Å². The van der Waals surface area contributed by atoms with Crippen LogP contribution in [-0.2, 0) is 20.7 Å². The van der Waals surface area contributed by atoms with Gasteiger partial charge in [0.1, 0.15) is 0 Å². The van der Waals surface area contributed by atoms with Crippen LogP contribution in [-0.4, -0.2) is 16.5 Å². The summed E-state index contributed by atoms with van der Waals surface area (Å²) in [6.45, 7) is 7.21. The molecule has 0 spiro atoms. The molecule has 0 amide bonds. The largest absolute Gasteiger partial charge is 0.147 e. The van der Waals surface area contributed by atoms with Crippen LogP contribution < -0.4 is 0 Å². The van der Waals surface area contributed by atoms with Gasteiger partial charge in [0.25, 0.3) is 0 Å². The van der Waals surface area contributed by atoms with Crippen molar-refractivity contribution in [3.8, 4) is 0 Å². The molecule has 0 aliphatic rings. The predicted octanol–water partition coefficient (Wildman–Crippen LogP) is 7.45. The van der Waals surface area contributed by atoms with Crippen LogP contribution in [0.25, 0.3) is 0 Å². The Kier molecular flexibility index (Phi) is 26.2. The van der Waals surface area contributed by atoms with Gasteiger partial charge in [-0.1, -0.05) is 0 Å². The van der Waals surface area contributed by atoms with Crippen molar-refractivity contribution in [3.05, 3.63) is 0 Å². The second kappa shape index (κ2) is 23.0. The molecule has 23 heavy (non-hydrogen) atoms. The van der Waals surface area contributed by atoms with E-state index in [4.69, 9.17) is 0 Å². The van der Waals surface area contributed by atoms with Crippen LogP contribution in [0.1, 0.15) is 117 Å². The van der Waals surface area contributed by atoms with E-state index >= 15 is 0 Å². The maximum Gasteiger partial charge on any atom is -0.147 e. The van der Waals surface area contributed by atoms with Crippen molar-refractivity contribution in [3.63, 3.8) is 0 Å². The molecule has 0 aliphatic heterocycles. The van der Waals surface area contributed by atoms with Gasteiger partial charge >= 0.3 is 154 Å². The smallest absolute Gasteiger partial charge is 0.147 e. The Hall–Kier alpha value is 0.964. The van der Waals surface area contributed by atoms with Crippen molar-refractivity contribution in [1.29, 1.82) is 0 Å². The number of hydrogen-bond acceptors (Lipinski definition) is 1. The van der Waals surface area contributed by atoms with Crippen LogP contribution >= 0.6 is 12.4 Å². The van der Waals surface area contributed by atoms with Crippen molar-refractivity contribution < 1.29 is 20.7 Å². The standard InChI is InChI=1S/C20H42N.ClH.Ti/c1-3-5-7-9-11-13-15-17-19-21-20-18-16-14-12-10-8-6-4-2;;/h3-20H2,1-2H3;1H;/q-1;;+1. The number of unbranched alkanes of at least 4 members (excludes halogenated alkanes) is 14. The maximum atomic E-state index is 2.55. The predicted molar refractivity (Wildman–Crippen MR) is 104 cm³/mol. The van der Waals surface area contributed by atoms with Crippen LogP contribution in [0.4, 0.5) is 0 Å². The topological polar surface area (TPSA) is 3.24 Å².